The van der Waals surface area contributed by atoms with Crippen molar-refractivity contribution in [1.82, 2.24) is 4.98 Å². The number of Topliss-reactive ketones (excluding diaryl/α,β-unsaturated/α-hetero) is 1. The minimum atomic E-state index is -0.0251. The summed E-state index contributed by atoms with van der Waals surface area (Å²) in [5, 5.41) is 0.946. The van der Waals surface area contributed by atoms with Crippen LogP contribution in [0.25, 0.3) is 22.4 Å². The number of rotatable bonds is 6. The number of ketones is 1. The molecule has 5 nitrogen and oxygen atoms in total. The molecule has 0 N–H and O–H groups in total. The molecule has 0 aliphatic rings. The van der Waals surface area contributed by atoms with Crippen LogP contribution < -0.4 is 9.47 Å². The van der Waals surface area contributed by atoms with Crippen LogP contribution in [-0.4, -0.2) is 25.0 Å². The van der Waals surface area contributed by atoms with Crippen LogP contribution in [0.3, 0.4) is 0 Å². The first-order valence-corrected chi connectivity index (χ1v) is 8.87. The van der Waals surface area contributed by atoms with E-state index in [1.54, 1.807) is 38.6 Å². The minimum Gasteiger partial charge on any atom is -0.497 e. The van der Waals surface area contributed by atoms with Gasteiger partial charge in [-0.15, -0.1) is 0 Å². The first kappa shape index (κ1) is 17.8. The molecule has 0 aliphatic carbocycles. The molecule has 0 bridgehead atoms. The third-order valence-electron chi connectivity index (χ3n) is 4.58. The fourth-order valence-electron chi connectivity index (χ4n) is 3.16. The molecule has 2 aromatic carbocycles. The fraction of sp³-hybridized carbons (Fsp3) is 0.130. The number of benzene rings is 2. The SMILES string of the molecule is COc1ccc(C(=O)Cc2cccc(-c3cc4cccnc4o3)c2)c(OC)c1. The molecule has 0 spiro atoms. The Labute approximate surface area is 162 Å². The van der Waals surface area contributed by atoms with E-state index >= 15 is 0 Å². The van der Waals surface area contributed by atoms with Crippen molar-refractivity contribution in [3.63, 3.8) is 0 Å². The highest BCUT2D eigenvalue weighted by Crippen LogP contribution is 2.29. The van der Waals surface area contributed by atoms with Gasteiger partial charge in [-0.2, -0.15) is 0 Å². The number of hydrogen-bond donors (Lipinski definition) is 0. The van der Waals surface area contributed by atoms with E-state index < -0.39 is 0 Å². The fourth-order valence-corrected chi connectivity index (χ4v) is 3.16. The largest absolute Gasteiger partial charge is 0.497 e. The zero-order chi connectivity index (χ0) is 19.5. The maximum absolute atomic E-state index is 12.8. The van der Waals surface area contributed by atoms with Crippen LogP contribution in [0, 0.1) is 0 Å². The first-order valence-electron chi connectivity index (χ1n) is 8.87. The first-order chi connectivity index (χ1) is 13.7. The summed E-state index contributed by atoms with van der Waals surface area (Å²) in [5.41, 5.74) is 2.93. The van der Waals surface area contributed by atoms with Crippen LogP contribution in [0.4, 0.5) is 0 Å². The number of aromatic nitrogens is 1. The average Bonchev–Trinajstić information content (AvgIpc) is 3.17. The predicted octanol–water partition coefficient (Wildman–Crippen LogP) is 4.94. The molecule has 2 heterocycles. The normalized spacial score (nSPS) is 10.8. The summed E-state index contributed by atoms with van der Waals surface area (Å²) in [6.07, 6.45) is 1.96. The Kier molecular flexibility index (Phi) is 4.81. The van der Waals surface area contributed by atoms with E-state index in [-0.39, 0.29) is 12.2 Å². The summed E-state index contributed by atoms with van der Waals surface area (Å²) < 4.78 is 16.4. The Balaban J connectivity index is 1.61. The van der Waals surface area contributed by atoms with Crippen LogP contribution in [0.1, 0.15) is 15.9 Å². The molecule has 0 unspecified atom stereocenters. The minimum absolute atomic E-state index is 0.0251. The van der Waals surface area contributed by atoms with Crippen molar-refractivity contribution in [3.8, 4) is 22.8 Å². The maximum atomic E-state index is 12.8. The molecule has 28 heavy (non-hydrogen) atoms. The highest BCUT2D eigenvalue weighted by Gasteiger charge is 2.15. The number of hydrogen-bond acceptors (Lipinski definition) is 5. The van der Waals surface area contributed by atoms with Crippen molar-refractivity contribution in [2.24, 2.45) is 0 Å². The van der Waals surface area contributed by atoms with Crippen LogP contribution in [0.2, 0.25) is 0 Å². The van der Waals surface area contributed by atoms with Gasteiger partial charge in [0.1, 0.15) is 17.3 Å². The molecule has 0 saturated carbocycles. The summed E-state index contributed by atoms with van der Waals surface area (Å²) >= 11 is 0. The summed E-state index contributed by atoms with van der Waals surface area (Å²) in [6.45, 7) is 0. The molecule has 2 aromatic heterocycles. The van der Waals surface area contributed by atoms with Gasteiger partial charge in [0.05, 0.1) is 19.8 Å². The Bertz CT molecular complexity index is 1110. The van der Waals surface area contributed by atoms with Gasteiger partial charge in [0.15, 0.2) is 5.78 Å². The number of carbonyl (C=O) groups excluding carboxylic acids is 1. The molecular formula is C23H19NO4. The number of methoxy groups -OCH3 is 2. The third kappa shape index (κ3) is 3.47. The molecule has 0 radical (unpaired) electrons. The second-order valence-corrected chi connectivity index (χ2v) is 6.37. The van der Waals surface area contributed by atoms with Crippen molar-refractivity contribution in [1.29, 1.82) is 0 Å². The van der Waals surface area contributed by atoms with Gasteiger partial charge in [-0.3, -0.25) is 4.79 Å². The lowest BCUT2D eigenvalue weighted by atomic mass is 10.00. The summed E-state index contributed by atoms with van der Waals surface area (Å²) in [6, 6.07) is 18.8. The molecule has 4 rings (SSSR count). The Morgan fingerprint density at radius 3 is 2.68 bits per heavy atom. The van der Waals surface area contributed by atoms with Crippen molar-refractivity contribution in [2.75, 3.05) is 14.2 Å². The lowest BCUT2D eigenvalue weighted by molar-refractivity contribution is 0.0990. The molecule has 0 amide bonds. The van der Waals surface area contributed by atoms with Crippen molar-refractivity contribution < 1.29 is 18.7 Å². The second-order valence-electron chi connectivity index (χ2n) is 6.37. The topological polar surface area (TPSA) is 61.6 Å². The van der Waals surface area contributed by atoms with Gasteiger partial charge in [0, 0.05) is 29.6 Å². The van der Waals surface area contributed by atoms with Gasteiger partial charge in [-0.25, -0.2) is 4.98 Å². The van der Waals surface area contributed by atoms with E-state index in [9.17, 15) is 4.79 Å². The molecule has 5 heteroatoms. The van der Waals surface area contributed by atoms with Gasteiger partial charge in [0.25, 0.3) is 0 Å². The zero-order valence-corrected chi connectivity index (χ0v) is 15.6. The Morgan fingerprint density at radius 2 is 1.89 bits per heavy atom. The number of nitrogens with zero attached hydrogens (tertiary/aromatic N) is 1. The van der Waals surface area contributed by atoms with Gasteiger partial charge in [0.2, 0.25) is 5.71 Å². The van der Waals surface area contributed by atoms with Gasteiger partial charge >= 0.3 is 0 Å². The predicted molar refractivity (Wildman–Crippen MR) is 107 cm³/mol. The molecule has 0 atom stereocenters. The lowest BCUT2D eigenvalue weighted by Crippen LogP contribution is -2.06. The molecule has 0 fully saturated rings. The number of furan rings is 1. The maximum Gasteiger partial charge on any atom is 0.226 e. The summed E-state index contributed by atoms with van der Waals surface area (Å²) in [5.74, 6) is 1.85. The van der Waals surface area contributed by atoms with Crippen LogP contribution in [0.15, 0.2) is 71.3 Å². The van der Waals surface area contributed by atoms with Crippen molar-refractivity contribution in [2.45, 2.75) is 6.42 Å². The number of ether oxygens (including phenoxy) is 2. The van der Waals surface area contributed by atoms with Gasteiger partial charge in [-0.1, -0.05) is 18.2 Å². The zero-order valence-electron chi connectivity index (χ0n) is 15.6. The average molecular weight is 373 g/mol. The quantitative estimate of drug-likeness (QED) is 0.448. The number of pyridine rings is 1. The van der Waals surface area contributed by atoms with E-state index in [2.05, 4.69) is 4.98 Å². The smallest absolute Gasteiger partial charge is 0.226 e. The van der Waals surface area contributed by atoms with E-state index in [0.717, 1.165) is 22.3 Å². The van der Waals surface area contributed by atoms with Crippen molar-refractivity contribution >= 4 is 16.9 Å². The van der Waals surface area contributed by atoms with Gasteiger partial charge in [-0.05, 0) is 42.0 Å². The second kappa shape index (κ2) is 7.56. The highest BCUT2D eigenvalue weighted by atomic mass is 16.5. The number of fused-ring (bicyclic) bond motifs is 1. The third-order valence-corrected chi connectivity index (χ3v) is 4.58. The van der Waals surface area contributed by atoms with E-state index in [4.69, 9.17) is 13.9 Å². The molecule has 0 saturated heterocycles. The molecular weight excluding hydrogens is 354 g/mol. The van der Waals surface area contributed by atoms with E-state index in [1.165, 1.54) is 0 Å². The Hall–Kier alpha value is -3.60. The van der Waals surface area contributed by atoms with Crippen LogP contribution in [0.5, 0.6) is 11.5 Å². The number of carbonyl (C=O) groups is 1. The van der Waals surface area contributed by atoms with E-state index in [0.29, 0.717) is 22.8 Å². The molecule has 0 aliphatic heterocycles. The summed E-state index contributed by atoms with van der Waals surface area (Å²) in [7, 11) is 3.12. The Morgan fingerprint density at radius 1 is 1.00 bits per heavy atom. The highest BCUT2D eigenvalue weighted by molar-refractivity contribution is 6.00. The van der Waals surface area contributed by atoms with Crippen molar-refractivity contribution in [3.05, 3.63) is 78.0 Å². The van der Waals surface area contributed by atoms with Crippen LogP contribution in [-0.2, 0) is 6.42 Å². The standard InChI is InChI=1S/C23H19NO4/c1-26-18-8-9-19(22(14-18)27-2)20(25)12-15-5-3-6-16(11-15)21-13-17-7-4-10-24-23(17)28-21/h3-11,13-14H,12H2,1-2H3. The van der Waals surface area contributed by atoms with Gasteiger partial charge < -0.3 is 13.9 Å². The summed E-state index contributed by atoms with van der Waals surface area (Å²) in [4.78, 5) is 17.1. The molecule has 140 valence electrons. The lowest BCUT2D eigenvalue weighted by Gasteiger charge is -2.10. The monoisotopic (exact) mass is 373 g/mol. The molecule has 4 aromatic rings. The van der Waals surface area contributed by atoms with E-state index in [1.807, 2.05) is 42.5 Å². The van der Waals surface area contributed by atoms with Crippen LogP contribution >= 0.6 is 0 Å².